The smallest absolute Gasteiger partial charge is 0.129 e. The monoisotopic (exact) mass is 236 g/mol. The summed E-state index contributed by atoms with van der Waals surface area (Å²) in [6.45, 7) is 0. The Morgan fingerprint density at radius 1 is 1.31 bits per heavy atom. The summed E-state index contributed by atoms with van der Waals surface area (Å²) in [7, 11) is 0. The third-order valence-corrected chi connectivity index (χ3v) is 4.17. The molecule has 16 heavy (non-hydrogen) atoms. The van der Waals surface area contributed by atoms with Crippen LogP contribution < -0.4 is 0 Å². The highest BCUT2D eigenvalue weighted by molar-refractivity contribution is 6.29. The molecule has 0 saturated heterocycles. The van der Waals surface area contributed by atoms with Crippen LogP contribution in [0.15, 0.2) is 23.5 Å². The zero-order valence-corrected chi connectivity index (χ0v) is 9.56. The lowest BCUT2D eigenvalue weighted by molar-refractivity contribution is 0.315. The Kier molecular flexibility index (Phi) is 2.36. The Morgan fingerprint density at radius 2 is 2.19 bits per heavy atom. The van der Waals surface area contributed by atoms with Gasteiger partial charge >= 0.3 is 0 Å². The SMILES string of the molecule is O/N=C1\C2CCC1[C@@H](c1ccc(Cl)nc1)C2. The maximum atomic E-state index is 9.01. The Hall–Kier alpha value is -1.09. The van der Waals surface area contributed by atoms with E-state index in [1.54, 1.807) is 0 Å². The van der Waals surface area contributed by atoms with Crippen molar-refractivity contribution in [2.45, 2.75) is 25.2 Å². The van der Waals surface area contributed by atoms with Crippen LogP contribution in [0.5, 0.6) is 0 Å². The van der Waals surface area contributed by atoms with E-state index in [9.17, 15) is 0 Å². The van der Waals surface area contributed by atoms with Crippen molar-refractivity contribution in [3.63, 3.8) is 0 Å². The molecule has 1 heterocycles. The Balaban J connectivity index is 1.91. The van der Waals surface area contributed by atoms with E-state index < -0.39 is 0 Å². The molecule has 2 fully saturated rings. The maximum Gasteiger partial charge on any atom is 0.129 e. The molecule has 2 saturated carbocycles. The van der Waals surface area contributed by atoms with E-state index in [1.165, 1.54) is 12.0 Å². The van der Waals surface area contributed by atoms with Crippen LogP contribution in [-0.2, 0) is 0 Å². The van der Waals surface area contributed by atoms with Crippen molar-refractivity contribution in [1.29, 1.82) is 0 Å². The molecule has 4 heteroatoms. The van der Waals surface area contributed by atoms with Crippen molar-refractivity contribution in [2.24, 2.45) is 17.0 Å². The fourth-order valence-corrected chi connectivity index (χ4v) is 3.34. The average Bonchev–Trinajstić information content (AvgIpc) is 2.86. The van der Waals surface area contributed by atoms with Crippen LogP contribution in [0.25, 0.3) is 0 Å². The van der Waals surface area contributed by atoms with Gasteiger partial charge in [0, 0.05) is 18.0 Å². The van der Waals surface area contributed by atoms with Crippen molar-refractivity contribution in [2.75, 3.05) is 0 Å². The van der Waals surface area contributed by atoms with Crippen LogP contribution in [0.1, 0.15) is 30.7 Å². The molecule has 84 valence electrons. The third-order valence-electron chi connectivity index (χ3n) is 3.94. The predicted octanol–water partition coefficient (Wildman–Crippen LogP) is 3.08. The van der Waals surface area contributed by atoms with Gasteiger partial charge in [0.05, 0.1) is 5.71 Å². The van der Waals surface area contributed by atoms with Crippen LogP contribution in [0, 0.1) is 11.8 Å². The molecule has 0 aliphatic heterocycles. The number of hydrogen-bond acceptors (Lipinski definition) is 3. The number of fused-ring (bicyclic) bond motifs is 2. The van der Waals surface area contributed by atoms with Crippen LogP contribution in [0.4, 0.5) is 0 Å². The lowest BCUT2D eigenvalue weighted by Gasteiger charge is -2.20. The van der Waals surface area contributed by atoms with E-state index in [1.807, 2.05) is 18.3 Å². The fraction of sp³-hybridized carbons (Fsp3) is 0.500. The highest BCUT2D eigenvalue weighted by Crippen LogP contribution is 2.50. The molecule has 2 aliphatic carbocycles. The molecule has 1 N–H and O–H groups in total. The molecule has 1 aromatic heterocycles. The molecule has 0 radical (unpaired) electrons. The van der Waals surface area contributed by atoms with Gasteiger partial charge in [-0.2, -0.15) is 0 Å². The second-order valence-corrected chi connectivity index (χ2v) is 5.05. The zero-order valence-electron chi connectivity index (χ0n) is 8.81. The average molecular weight is 237 g/mol. The summed E-state index contributed by atoms with van der Waals surface area (Å²) in [6, 6.07) is 3.87. The lowest BCUT2D eigenvalue weighted by Crippen LogP contribution is -2.10. The van der Waals surface area contributed by atoms with Crippen molar-refractivity contribution < 1.29 is 5.21 Å². The standard InChI is InChI=1S/C12H13ClN2O/c13-11-4-2-8(6-14-11)10-5-7-1-3-9(10)12(7)15-16/h2,4,6-7,9-10,16H,1,3,5H2/b15-12+/t7?,9?,10-/m1/s1. The number of pyridine rings is 1. The second kappa shape index (κ2) is 3.74. The first-order chi connectivity index (χ1) is 7.79. The minimum absolute atomic E-state index is 0.415. The fourth-order valence-electron chi connectivity index (χ4n) is 3.23. The first kappa shape index (κ1) is 10.1. The van der Waals surface area contributed by atoms with Crippen molar-refractivity contribution in [1.82, 2.24) is 4.98 Å². The summed E-state index contributed by atoms with van der Waals surface area (Å²) in [6.07, 6.45) is 5.25. The van der Waals surface area contributed by atoms with Gasteiger partial charge in [0.1, 0.15) is 5.15 Å². The Morgan fingerprint density at radius 3 is 2.81 bits per heavy atom. The van der Waals surface area contributed by atoms with E-state index >= 15 is 0 Å². The summed E-state index contributed by atoms with van der Waals surface area (Å²) in [5, 5.41) is 13.0. The second-order valence-electron chi connectivity index (χ2n) is 4.66. The van der Waals surface area contributed by atoms with Gasteiger partial charge < -0.3 is 5.21 Å². The lowest BCUT2D eigenvalue weighted by atomic mass is 9.84. The Bertz CT molecular complexity index is 429. The molecule has 3 nitrogen and oxygen atoms in total. The largest absolute Gasteiger partial charge is 0.411 e. The highest BCUT2D eigenvalue weighted by Gasteiger charge is 2.46. The summed E-state index contributed by atoms with van der Waals surface area (Å²) >= 11 is 5.78. The topological polar surface area (TPSA) is 45.5 Å². The van der Waals surface area contributed by atoms with E-state index in [2.05, 4.69) is 10.1 Å². The van der Waals surface area contributed by atoms with E-state index in [-0.39, 0.29) is 0 Å². The molecule has 2 unspecified atom stereocenters. The molecule has 3 rings (SSSR count). The van der Waals surface area contributed by atoms with E-state index in [4.69, 9.17) is 16.8 Å². The van der Waals surface area contributed by atoms with Gasteiger partial charge in [-0.15, -0.1) is 0 Å². The van der Waals surface area contributed by atoms with E-state index in [0.717, 1.165) is 18.6 Å². The third kappa shape index (κ3) is 1.42. The number of aromatic nitrogens is 1. The molecular formula is C12H13ClN2O. The number of rotatable bonds is 1. The minimum Gasteiger partial charge on any atom is -0.411 e. The van der Waals surface area contributed by atoms with Gasteiger partial charge in [0.25, 0.3) is 0 Å². The summed E-state index contributed by atoms with van der Waals surface area (Å²) in [5.41, 5.74) is 2.22. The van der Waals surface area contributed by atoms with Crippen molar-refractivity contribution in [3.05, 3.63) is 29.0 Å². The van der Waals surface area contributed by atoms with Gasteiger partial charge in [-0.05, 0) is 36.8 Å². The van der Waals surface area contributed by atoms with Gasteiger partial charge in [0.2, 0.25) is 0 Å². The van der Waals surface area contributed by atoms with Gasteiger partial charge in [-0.25, -0.2) is 4.98 Å². The number of halogens is 1. The van der Waals surface area contributed by atoms with Crippen LogP contribution in [-0.4, -0.2) is 15.9 Å². The van der Waals surface area contributed by atoms with Gasteiger partial charge in [0.15, 0.2) is 0 Å². The summed E-state index contributed by atoms with van der Waals surface area (Å²) < 4.78 is 0. The van der Waals surface area contributed by atoms with Gasteiger partial charge in [-0.1, -0.05) is 22.8 Å². The Labute approximate surface area is 99.1 Å². The van der Waals surface area contributed by atoms with E-state index in [0.29, 0.717) is 22.9 Å². The summed E-state index contributed by atoms with van der Waals surface area (Å²) in [5.74, 6) is 1.36. The number of nitrogens with zero attached hydrogens (tertiary/aromatic N) is 2. The first-order valence-corrected chi connectivity index (χ1v) is 6.00. The van der Waals surface area contributed by atoms with Crippen LogP contribution in [0.2, 0.25) is 5.15 Å². The van der Waals surface area contributed by atoms with Crippen molar-refractivity contribution in [3.8, 4) is 0 Å². The van der Waals surface area contributed by atoms with Crippen LogP contribution >= 0.6 is 11.6 Å². The highest BCUT2D eigenvalue weighted by atomic mass is 35.5. The predicted molar refractivity (Wildman–Crippen MR) is 62.0 cm³/mol. The zero-order chi connectivity index (χ0) is 11.1. The molecular weight excluding hydrogens is 224 g/mol. The molecule has 2 aliphatic rings. The number of hydrogen-bond donors (Lipinski definition) is 1. The molecule has 0 spiro atoms. The maximum absolute atomic E-state index is 9.01. The quantitative estimate of drug-likeness (QED) is 0.463. The minimum atomic E-state index is 0.415. The van der Waals surface area contributed by atoms with Crippen molar-refractivity contribution >= 4 is 17.3 Å². The number of oxime groups is 1. The first-order valence-electron chi connectivity index (χ1n) is 5.63. The molecule has 3 atom stereocenters. The molecule has 1 aromatic rings. The summed E-state index contributed by atoms with van der Waals surface area (Å²) in [4.78, 5) is 4.12. The molecule has 0 aromatic carbocycles. The molecule has 0 amide bonds. The molecule has 2 bridgehead atoms. The van der Waals surface area contributed by atoms with Crippen LogP contribution in [0.3, 0.4) is 0 Å². The van der Waals surface area contributed by atoms with Gasteiger partial charge in [-0.3, -0.25) is 0 Å². The normalized spacial score (nSPS) is 34.8.